The zero-order valence-electron chi connectivity index (χ0n) is 16.6. The number of hydrogen-bond donors (Lipinski definition) is 0. The van der Waals surface area contributed by atoms with Crippen molar-refractivity contribution in [1.82, 2.24) is 0 Å². The Kier molecular flexibility index (Phi) is 11.2. The van der Waals surface area contributed by atoms with Crippen LogP contribution in [0.4, 0.5) is 0 Å². The normalized spacial score (nSPS) is 28.1. The molecule has 2 aliphatic rings. The van der Waals surface area contributed by atoms with Crippen LogP contribution in [-0.4, -0.2) is 18.8 Å². The van der Waals surface area contributed by atoms with Gasteiger partial charge in [0.25, 0.3) is 0 Å². The van der Waals surface area contributed by atoms with E-state index < -0.39 is 0 Å². The molecule has 2 saturated carbocycles. The van der Waals surface area contributed by atoms with Crippen LogP contribution >= 0.6 is 0 Å². The molecule has 2 nitrogen and oxygen atoms in total. The molecule has 2 aliphatic carbocycles. The molecule has 0 amide bonds. The van der Waals surface area contributed by atoms with Crippen molar-refractivity contribution in [2.45, 2.75) is 121 Å². The van der Waals surface area contributed by atoms with E-state index in [1.165, 1.54) is 89.9 Å². The largest absolute Gasteiger partial charge is 0.378 e. The number of hydrogen-bond acceptors (Lipinski definition) is 1. The van der Waals surface area contributed by atoms with Gasteiger partial charge >= 0.3 is 0 Å². The van der Waals surface area contributed by atoms with Crippen molar-refractivity contribution in [3.63, 3.8) is 0 Å². The van der Waals surface area contributed by atoms with Crippen molar-refractivity contribution in [3.05, 3.63) is 6.92 Å². The lowest BCUT2D eigenvalue weighted by Crippen LogP contribution is -2.30. The highest BCUT2D eigenvalue weighted by Gasteiger charge is 2.46. The zero-order chi connectivity index (χ0) is 17.7. The summed E-state index contributed by atoms with van der Waals surface area (Å²) in [4.78, 5) is 0. The molecule has 0 aromatic heterocycles. The molecule has 0 aliphatic heterocycles. The van der Waals surface area contributed by atoms with Gasteiger partial charge in [0.1, 0.15) is 0 Å². The molecule has 0 spiro atoms. The average molecular weight is 351 g/mol. The molecule has 0 saturated heterocycles. The maximum atomic E-state index is 11.8. The van der Waals surface area contributed by atoms with Crippen LogP contribution in [0.1, 0.15) is 109 Å². The molecular formula is C23H42O2. The first kappa shape index (κ1) is 21.2. The molecule has 0 aromatic carbocycles. The summed E-state index contributed by atoms with van der Waals surface area (Å²) in [6.07, 6.45) is 22.2. The second kappa shape index (κ2) is 13.1. The molecule has 0 heterocycles. The Morgan fingerprint density at radius 1 is 0.680 bits per heavy atom. The van der Waals surface area contributed by atoms with E-state index in [-0.39, 0.29) is 6.10 Å². The maximum Gasteiger partial charge on any atom is 0.0985 e. The van der Waals surface area contributed by atoms with Gasteiger partial charge in [0.05, 0.1) is 12.2 Å². The molecular weight excluding hydrogens is 308 g/mol. The predicted octanol–water partition coefficient (Wildman–Crippen LogP) is 6.90. The first-order valence-electron chi connectivity index (χ1n) is 11.4. The van der Waals surface area contributed by atoms with Crippen LogP contribution in [0.25, 0.3) is 0 Å². The van der Waals surface area contributed by atoms with Gasteiger partial charge in [-0.3, -0.25) is 0 Å². The van der Waals surface area contributed by atoms with E-state index in [4.69, 9.17) is 4.74 Å². The minimum Gasteiger partial charge on any atom is -0.378 e. The second-order valence-electron chi connectivity index (χ2n) is 8.63. The lowest BCUT2D eigenvalue weighted by Gasteiger charge is -2.25. The molecule has 4 atom stereocenters. The van der Waals surface area contributed by atoms with Gasteiger partial charge in [-0.2, -0.15) is 0 Å². The van der Waals surface area contributed by atoms with Gasteiger partial charge < -0.3 is 4.74 Å². The quantitative estimate of drug-likeness (QED) is 0.278. The summed E-state index contributed by atoms with van der Waals surface area (Å²) in [5.41, 5.74) is 0. The van der Waals surface area contributed by atoms with Crippen molar-refractivity contribution < 1.29 is 9.84 Å². The van der Waals surface area contributed by atoms with Crippen molar-refractivity contribution in [2.24, 2.45) is 11.8 Å². The summed E-state index contributed by atoms with van der Waals surface area (Å²) in [5.74, 6) is 1.03. The van der Waals surface area contributed by atoms with Gasteiger partial charge in [-0.05, 0) is 31.6 Å². The second-order valence-corrected chi connectivity index (χ2v) is 8.63. The zero-order valence-corrected chi connectivity index (χ0v) is 16.6. The minimum absolute atomic E-state index is 0.305. The minimum atomic E-state index is -0.322. The molecule has 2 heteroatoms. The lowest BCUT2D eigenvalue weighted by molar-refractivity contribution is -0.0551. The van der Waals surface area contributed by atoms with Gasteiger partial charge in [-0.15, -0.1) is 0 Å². The number of unbranched alkanes of at least 4 members (excludes halogenated alkanes) is 13. The topological polar surface area (TPSA) is 29.1 Å². The van der Waals surface area contributed by atoms with E-state index in [2.05, 4.69) is 6.92 Å². The van der Waals surface area contributed by atoms with Gasteiger partial charge in [-0.25, -0.2) is 5.11 Å². The standard InChI is InChI=1S/C23H42O2/c1-2-3-4-5-6-7-8-9-10-11-12-13-14-15-16-25-23-19-20-17-21(23)22(24)18-20/h20-23H,1-19H2. The Hall–Kier alpha value is -0.0800. The first-order valence-corrected chi connectivity index (χ1v) is 11.4. The fourth-order valence-electron chi connectivity index (χ4n) is 4.87. The molecule has 2 rings (SSSR count). The molecule has 146 valence electrons. The maximum absolute atomic E-state index is 11.8. The summed E-state index contributed by atoms with van der Waals surface area (Å²) in [7, 11) is 0. The third kappa shape index (κ3) is 8.43. The van der Waals surface area contributed by atoms with Crippen LogP contribution in [0.15, 0.2) is 0 Å². The molecule has 0 N–H and O–H groups in total. The Balaban J connectivity index is 1.27. The summed E-state index contributed by atoms with van der Waals surface area (Å²) in [5, 5.41) is 11.8. The van der Waals surface area contributed by atoms with Gasteiger partial charge in [0, 0.05) is 12.5 Å². The summed E-state index contributed by atoms with van der Waals surface area (Å²) >= 11 is 0. The highest BCUT2D eigenvalue weighted by atomic mass is 16.5. The number of ether oxygens (including phenoxy) is 1. The predicted molar refractivity (Wildman–Crippen MR) is 105 cm³/mol. The van der Waals surface area contributed by atoms with Gasteiger partial charge in [-0.1, -0.05) is 90.4 Å². The Labute approximate surface area is 157 Å². The van der Waals surface area contributed by atoms with Crippen LogP contribution in [0, 0.1) is 18.8 Å². The molecule has 2 bridgehead atoms. The van der Waals surface area contributed by atoms with E-state index in [1.807, 2.05) is 0 Å². The molecule has 0 aromatic rings. The fourth-order valence-corrected chi connectivity index (χ4v) is 4.87. The van der Waals surface area contributed by atoms with Gasteiger partial charge in [0.2, 0.25) is 0 Å². The number of rotatable bonds is 16. The van der Waals surface area contributed by atoms with Crippen LogP contribution in [0.2, 0.25) is 0 Å². The Morgan fingerprint density at radius 2 is 1.20 bits per heavy atom. The van der Waals surface area contributed by atoms with E-state index in [0.29, 0.717) is 17.9 Å². The highest BCUT2D eigenvalue weighted by Crippen LogP contribution is 2.46. The Bertz CT molecular complexity index is 317. The average Bonchev–Trinajstić information content (AvgIpc) is 3.17. The fraction of sp³-hybridized carbons (Fsp3) is 0.957. The summed E-state index contributed by atoms with van der Waals surface area (Å²) in [6.45, 7) is 4.78. The van der Waals surface area contributed by atoms with Crippen LogP contribution in [0.3, 0.4) is 0 Å². The summed E-state index contributed by atoms with van der Waals surface area (Å²) < 4.78 is 6.01. The smallest absolute Gasteiger partial charge is 0.0985 e. The summed E-state index contributed by atoms with van der Waals surface area (Å²) in [6, 6.07) is 0. The van der Waals surface area contributed by atoms with Crippen molar-refractivity contribution in [3.8, 4) is 0 Å². The lowest BCUT2D eigenvalue weighted by atomic mass is 9.95. The third-order valence-electron chi connectivity index (χ3n) is 6.42. The van der Waals surface area contributed by atoms with Crippen molar-refractivity contribution in [1.29, 1.82) is 0 Å². The molecule has 25 heavy (non-hydrogen) atoms. The number of fused-ring (bicyclic) bond motifs is 2. The van der Waals surface area contributed by atoms with E-state index in [0.717, 1.165) is 25.9 Å². The first-order chi connectivity index (χ1) is 12.3. The van der Waals surface area contributed by atoms with Crippen molar-refractivity contribution in [2.75, 3.05) is 6.61 Å². The van der Waals surface area contributed by atoms with Crippen LogP contribution in [0.5, 0.6) is 0 Å². The molecule has 2 fully saturated rings. The van der Waals surface area contributed by atoms with Crippen LogP contribution < -0.4 is 0 Å². The monoisotopic (exact) mass is 350 g/mol. The van der Waals surface area contributed by atoms with Crippen LogP contribution in [-0.2, 0) is 9.84 Å². The van der Waals surface area contributed by atoms with Crippen molar-refractivity contribution >= 4 is 0 Å². The Morgan fingerprint density at radius 3 is 1.68 bits per heavy atom. The third-order valence-corrected chi connectivity index (χ3v) is 6.42. The van der Waals surface area contributed by atoms with E-state index in [1.54, 1.807) is 0 Å². The molecule has 2 radical (unpaired) electrons. The SMILES string of the molecule is [CH2]CCCCCCCCCCCCCCCOC1CC2CC([O])C1C2. The molecule has 4 unspecified atom stereocenters. The highest BCUT2D eigenvalue weighted by molar-refractivity contribution is 4.96. The van der Waals surface area contributed by atoms with E-state index >= 15 is 0 Å². The van der Waals surface area contributed by atoms with Gasteiger partial charge in [0.15, 0.2) is 0 Å². The van der Waals surface area contributed by atoms with E-state index in [9.17, 15) is 5.11 Å².